The number of rotatable bonds is 5. The van der Waals surface area contributed by atoms with Crippen molar-refractivity contribution in [3.8, 4) is 6.07 Å². The predicted molar refractivity (Wildman–Crippen MR) is 95.7 cm³/mol. The number of aromatic nitrogens is 1. The fourth-order valence-electron chi connectivity index (χ4n) is 2.49. The number of nitrogens with zero attached hydrogens (tertiary/aromatic N) is 3. The first-order valence-corrected chi connectivity index (χ1v) is 8.18. The molecule has 0 aliphatic heterocycles. The van der Waals surface area contributed by atoms with Crippen LogP contribution in [0.5, 0.6) is 0 Å². The van der Waals surface area contributed by atoms with Gasteiger partial charge in [0, 0.05) is 12.1 Å². The number of hydrogen-bond acceptors (Lipinski definition) is 5. The number of amides is 2. The highest BCUT2D eigenvalue weighted by Gasteiger charge is 2.22. The van der Waals surface area contributed by atoms with Gasteiger partial charge < -0.3 is 14.3 Å². The van der Waals surface area contributed by atoms with Crippen LogP contribution in [0.3, 0.4) is 0 Å². The second-order valence-electron chi connectivity index (χ2n) is 5.69. The van der Waals surface area contributed by atoms with Crippen molar-refractivity contribution in [1.29, 1.82) is 5.26 Å². The third-order valence-corrected chi connectivity index (χ3v) is 3.91. The molecule has 0 unspecified atom stereocenters. The maximum atomic E-state index is 12.8. The number of urea groups is 1. The van der Waals surface area contributed by atoms with Crippen molar-refractivity contribution in [2.45, 2.75) is 26.8 Å². The summed E-state index contributed by atoms with van der Waals surface area (Å²) in [5.41, 5.74) is 1.67. The summed E-state index contributed by atoms with van der Waals surface area (Å²) in [4.78, 5) is 14.3. The topological polar surface area (TPSA) is 95.3 Å². The first-order chi connectivity index (χ1) is 12.6. The van der Waals surface area contributed by atoms with E-state index < -0.39 is 0 Å². The quantitative estimate of drug-likeness (QED) is 0.742. The number of hydrogen-bond donors (Lipinski definition) is 1. The third-order valence-electron chi connectivity index (χ3n) is 3.91. The minimum atomic E-state index is -0.351. The van der Waals surface area contributed by atoms with Crippen LogP contribution in [0.2, 0.25) is 0 Å². The van der Waals surface area contributed by atoms with Crippen molar-refractivity contribution >= 4 is 17.4 Å². The maximum Gasteiger partial charge on any atom is 0.326 e. The molecule has 0 radical (unpaired) electrons. The number of furan rings is 1. The summed E-state index contributed by atoms with van der Waals surface area (Å²) < 4.78 is 10.8. The van der Waals surface area contributed by atoms with Gasteiger partial charge in [0.2, 0.25) is 0 Å². The largest absolute Gasteiger partial charge is 0.464 e. The standard InChI is InChI=1S/C19H18N4O3/c1-3-16-8-9-17(25-16)12-23(18-11-21-26-13(18)2)19(24)22-15-6-4-14(10-20)5-7-15/h4-9,11H,3,12H2,1-2H3,(H,22,24). The number of anilines is 2. The van der Waals surface area contributed by atoms with E-state index in [0.717, 1.165) is 12.2 Å². The van der Waals surface area contributed by atoms with Gasteiger partial charge in [-0.3, -0.25) is 4.90 Å². The molecular formula is C19H18N4O3. The van der Waals surface area contributed by atoms with Crippen LogP contribution in [-0.4, -0.2) is 11.2 Å². The van der Waals surface area contributed by atoms with Crippen LogP contribution in [-0.2, 0) is 13.0 Å². The van der Waals surface area contributed by atoms with Crippen LogP contribution < -0.4 is 10.2 Å². The van der Waals surface area contributed by atoms with Crippen molar-refractivity contribution < 1.29 is 13.7 Å². The van der Waals surface area contributed by atoms with E-state index in [1.165, 1.54) is 11.1 Å². The van der Waals surface area contributed by atoms with E-state index in [1.54, 1.807) is 31.2 Å². The van der Waals surface area contributed by atoms with E-state index in [2.05, 4.69) is 10.5 Å². The molecular weight excluding hydrogens is 332 g/mol. The summed E-state index contributed by atoms with van der Waals surface area (Å²) in [6.07, 6.45) is 2.28. The molecule has 0 aliphatic rings. The molecule has 1 N–H and O–H groups in total. The molecule has 0 atom stereocenters. The minimum absolute atomic E-state index is 0.240. The van der Waals surface area contributed by atoms with Gasteiger partial charge in [0.1, 0.15) is 17.2 Å². The molecule has 0 spiro atoms. The number of benzene rings is 1. The highest BCUT2D eigenvalue weighted by Crippen LogP contribution is 2.23. The Morgan fingerprint density at radius 1 is 1.23 bits per heavy atom. The van der Waals surface area contributed by atoms with Crippen molar-refractivity contribution in [1.82, 2.24) is 5.16 Å². The van der Waals surface area contributed by atoms with Crippen molar-refractivity contribution in [2.75, 3.05) is 10.2 Å². The molecule has 0 aliphatic carbocycles. The first kappa shape index (κ1) is 17.3. The smallest absolute Gasteiger partial charge is 0.326 e. The van der Waals surface area contributed by atoms with Crippen LogP contribution >= 0.6 is 0 Å². The lowest BCUT2D eigenvalue weighted by molar-refractivity contribution is 0.256. The van der Waals surface area contributed by atoms with E-state index in [4.69, 9.17) is 14.2 Å². The molecule has 0 saturated heterocycles. The summed E-state index contributed by atoms with van der Waals surface area (Å²) in [7, 11) is 0. The van der Waals surface area contributed by atoms with Gasteiger partial charge in [-0.05, 0) is 43.3 Å². The van der Waals surface area contributed by atoms with Gasteiger partial charge >= 0.3 is 6.03 Å². The van der Waals surface area contributed by atoms with Gasteiger partial charge in [0.25, 0.3) is 0 Å². The Bertz CT molecular complexity index is 934. The maximum absolute atomic E-state index is 12.8. The van der Waals surface area contributed by atoms with Crippen LogP contribution in [0, 0.1) is 18.3 Å². The number of nitriles is 1. The lowest BCUT2D eigenvalue weighted by atomic mass is 10.2. The molecule has 2 heterocycles. The Morgan fingerprint density at radius 3 is 2.54 bits per heavy atom. The van der Waals surface area contributed by atoms with Crippen molar-refractivity contribution in [3.05, 3.63) is 65.4 Å². The second-order valence-corrected chi connectivity index (χ2v) is 5.69. The van der Waals surface area contributed by atoms with Crippen molar-refractivity contribution in [3.63, 3.8) is 0 Å². The van der Waals surface area contributed by atoms with Gasteiger partial charge in [-0.15, -0.1) is 0 Å². The summed E-state index contributed by atoms with van der Waals surface area (Å²) in [6, 6.07) is 12.1. The SMILES string of the molecule is CCc1ccc(CN(C(=O)Nc2ccc(C#N)cc2)c2cnoc2C)o1. The Morgan fingerprint density at radius 2 is 1.96 bits per heavy atom. The molecule has 0 bridgehead atoms. The molecule has 0 fully saturated rings. The zero-order valence-corrected chi connectivity index (χ0v) is 14.5. The Balaban J connectivity index is 1.83. The highest BCUT2D eigenvalue weighted by atomic mass is 16.5. The highest BCUT2D eigenvalue weighted by molar-refractivity contribution is 6.01. The number of carbonyl (C=O) groups excluding carboxylic acids is 1. The van der Waals surface area contributed by atoms with Gasteiger partial charge in [-0.25, -0.2) is 4.79 Å². The fourth-order valence-corrected chi connectivity index (χ4v) is 2.49. The van der Waals surface area contributed by atoms with E-state index in [1.807, 2.05) is 25.1 Å². The number of nitrogens with one attached hydrogen (secondary N) is 1. The van der Waals surface area contributed by atoms with Gasteiger partial charge in [-0.2, -0.15) is 5.26 Å². The summed E-state index contributed by atoms with van der Waals surface area (Å²) in [6.45, 7) is 3.98. The molecule has 26 heavy (non-hydrogen) atoms. The molecule has 0 saturated carbocycles. The monoisotopic (exact) mass is 350 g/mol. The average molecular weight is 350 g/mol. The molecule has 3 aromatic rings. The summed E-state index contributed by atoms with van der Waals surface area (Å²) >= 11 is 0. The Labute approximate surface area is 150 Å². The summed E-state index contributed by atoms with van der Waals surface area (Å²) in [5, 5.41) is 15.4. The fraction of sp³-hybridized carbons (Fsp3) is 0.211. The summed E-state index contributed by atoms with van der Waals surface area (Å²) in [5.74, 6) is 2.05. The average Bonchev–Trinajstić information content (AvgIpc) is 3.29. The van der Waals surface area contributed by atoms with Crippen LogP contribution in [0.4, 0.5) is 16.2 Å². The van der Waals surface area contributed by atoms with E-state index in [-0.39, 0.29) is 12.6 Å². The van der Waals surface area contributed by atoms with E-state index in [0.29, 0.717) is 28.5 Å². The van der Waals surface area contributed by atoms with Gasteiger partial charge in [0.05, 0.1) is 24.4 Å². The minimum Gasteiger partial charge on any atom is -0.464 e. The molecule has 1 aromatic carbocycles. The predicted octanol–water partition coefficient (Wildman–Crippen LogP) is 4.25. The lowest BCUT2D eigenvalue weighted by Crippen LogP contribution is -2.34. The molecule has 7 heteroatoms. The molecule has 132 valence electrons. The third kappa shape index (κ3) is 3.75. The zero-order valence-electron chi connectivity index (χ0n) is 14.5. The Hall–Kier alpha value is -3.53. The van der Waals surface area contributed by atoms with Gasteiger partial charge in [-0.1, -0.05) is 12.1 Å². The molecule has 2 amide bonds. The second kappa shape index (κ2) is 7.57. The zero-order chi connectivity index (χ0) is 18.5. The molecule has 7 nitrogen and oxygen atoms in total. The molecule has 2 aromatic heterocycles. The van der Waals surface area contributed by atoms with Crippen LogP contribution in [0.15, 0.2) is 51.5 Å². The number of aryl methyl sites for hydroxylation is 2. The normalized spacial score (nSPS) is 10.3. The van der Waals surface area contributed by atoms with Crippen molar-refractivity contribution in [2.24, 2.45) is 0 Å². The van der Waals surface area contributed by atoms with E-state index >= 15 is 0 Å². The Kier molecular flexibility index (Phi) is 5.04. The lowest BCUT2D eigenvalue weighted by Gasteiger charge is -2.21. The first-order valence-electron chi connectivity index (χ1n) is 8.18. The van der Waals surface area contributed by atoms with E-state index in [9.17, 15) is 4.79 Å². The number of carbonyl (C=O) groups is 1. The van der Waals surface area contributed by atoms with Crippen LogP contribution in [0.25, 0.3) is 0 Å². The molecule has 3 rings (SSSR count). The van der Waals surface area contributed by atoms with Crippen LogP contribution in [0.1, 0.15) is 29.8 Å². The van der Waals surface area contributed by atoms with Gasteiger partial charge in [0.15, 0.2) is 5.76 Å².